The first kappa shape index (κ1) is 15.7. The molecule has 5 heteroatoms. The fraction of sp³-hybridized carbons (Fsp3) is 0.688. The van der Waals surface area contributed by atoms with E-state index in [1.165, 1.54) is 0 Å². The summed E-state index contributed by atoms with van der Waals surface area (Å²) in [7, 11) is 0. The lowest BCUT2D eigenvalue weighted by molar-refractivity contribution is -0.142. The Balaban J connectivity index is 2.03. The second-order valence-corrected chi connectivity index (χ2v) is 6.82. The summed E-state index contributed by atoms with van der Waals surface area (Å²) < 4.78 is 5.89. The van der Waals surface area contributed by atoms with Crippen molar-refractivity contribution in [2.45, 2.75) is 53.6 Å². The number of hydrogen-bond donors (Lipinski definition) is 0. The van der Waals surface area contributed by atoms with E-state index in [2.05, 4.69) is 9.97 Å². The zero-order valence-electron chi connectivity index (χ0n) is 13.6. The van der Waals surface area contributed by atoms with Crippen molar-refractivity contribution in [1.82, 2.24) is 14.9 Å². The smallest absolute Gasteiger partial charge is 0.317 e. The van der Waals surface area contributed by atoms with E-state index < -0.39 is 0 Å². The molecule has 1 aromatic heterocycles. The quantitative estimate of drug-likeness (QED) is 0.840. The molecule has 116 valence electrons. The second-order valence-electron chi connectivity index (χ2n) is 6.82. The standard InChI is InChI=1S/C16H25N3O2/c1-11-9-12(2)18-15(17-11)21-13-7-6-8-19(10-13)14(20)16(3,4)5/h9,13H,6-8,10H2,1-5H3/t13-/m0/s1. The first-order valence-electron chi connectivity index (χ1n) is 7.54. The van der Waals surface area contributed by atoms with Gasteiger partial charge in [0.1, 0.15) is 6.10 Å². The fourth-order valence-electron chi connectivity index (χ4n) is 2.59. The van der Waals surface area contributed by atoms with Crippen molar-refractivity contribution in [3.05, 3.63) is 17.5 Å². The molecule has 1 aliphatic rings. The van der Waals surface area contributed by atoms with Crippen LogP contribution in [0.3, 0.4) is 0 Å². The Labute approximate surface area is 126 Å². The Hall–Kier alpha value is -1.65. The van der Waals surface area contributed by atoms with Crippen LogP contribution in [0.5, 0.6) is 6.01 Å². The third-order valence-electron chi connectivity index (χ3n) is 3.54. The molecule has 1 saturated heterocycles. The summed E-state index contributed by atoms with van der Waals surface area (Å²) >= 11 is 0. The highest BCUT2D eigenvalue weighted by Crippen LogP contribution is 2.22. The molecule has 1 fully saturated rings. The Kier molecular flexibility index (Phi) is 4.49. The summed E-state index contributed by atoms with van der Waals surface area (Å²) in [5.74, 6) is 0.178. The first-order chi connectivity index (χ1) is 9.75. The molecule has 2 heterocycles. The number of hydrogen-bond acceptors (Lipinski definition) is 4. The molecule has 1 aromatic rings. The number of nitrogens with zero attached hydrogens (tertiary/aromatic N) is 3. The van der Waals surface area contributed by atoms with Gasteiger partial charge >= 0.3 is 6.01 Å². The number of carbonyl (C=O) groups excluding carboxylic acids is 1. The molecule has 0 unspecified atom stereocenters. The molecule has 1 atom stereocenters. The van der Waals surface area contributed by atoms with E-state index in [0.29, 0.717) is 12.6 Å². The maximum absolute atomic E-state index is 12.4. The number of ether oxygens (including phenoxy) is 1. The van der Waals surface area contributed by atoms with E-state index in [-0.39, 0.29) is 17.4 Å². The average molecular weight is 291 g/mol. The van der Waals surface area contributed by atoms with Crippen molar-refractivity contribution in [1.29, 1.82) is 0 Å². The van der Waals surface area contributed by atoms with Crippen LogP contribution in [0.25, 0.3) is 0 Å². The molecule has 0 spiro atoms. The third-order valence-corrected chi connectivity index (χ3v) is 3.54. The van der Waals surface area contributed by atoms with Crippen molar-refractivity contribution < 1.29 is 9.53 Å². The summed E-state index contributed by atoms with van der Waals surface area (Å²) in [6.45, 7) is 11.1. The monoisotopic (exact) mass is 291 g/mol. The predicted molar refractivity (Wildman–Crippen MR) is 81.2 cm³/mol. The minimum atomic E-state index is -0.349. The van der Waals surface area contributed by atoms with Crippen LogP contribution in [0.1, 0.15) is 45.0 Å². The summed E-state index contributed by atoms with van der Waals surface area (Å²) in [6, 6.07) is 2.34. The molecule has 1 aliphatic heterocycles. The van der Waals surface area contributed by atoms with Gasteiger partial charge in [0.05, 0.1) is 6.54 Å². The van der Waals surface area contributed by atoms with Gasteiger partial charge in [0.15, 0.2) is 0 Å². The van der Waals surface area contributed by atoms with E-state index in [0.717, 1.165) is 30.8 Å². The van der Waals surface area contributed by atoms with Crippen LogP contribution in [0.15, 0.2) is 6.07 Å². The number of aromatic nitrogens is 2. The van der Waals surface area contributed by atoms with E-state index in [1.54, 1.807) is 0 Å². The molecule has 0 N–H and O–H groups in total. The lowest BCUT2D eigenvalue weighted by atomic mass is 9.93. The lowest BCUT2D eigenvalue weighted by Crippen LogP contribution is -2.48. The Morgan fingerprint density at radius 1 is 1.29 bits per heavy atom. The van der Waals surface area contributed by atoms with E-state index in [1.807, 2.05) is 45.6 Å². The molecule has 5 nitrogen and oxygen atoms in total. The van der Waals surface area contributed by atoms with E-state index in [4.69, 9.17) is 4.74 Å². The fourth-order valence-corrected chi connectivity index (χ4v) is 2.59. The minimum Gasteiger partial charge on any atom is -0.458 e. The molecule has 0 bridgehead atoms. The zero-order valence-corrected chi connectivity index (χ0v) is 13.6. The maximum Gasteiger partial charge on any atom is 0.317 e. The van der Waals surface area contributed by atoms with Gasteiger partial charge in [-0.3, -0.25) is 4.79 Å². The molecule has 1 amide bonds. The van der Waals surface area contributed by atoms with E-state index >= 15 is 0 Å². The van der Waals surface area contributed by atoms with Crippen LogP contribution >= 0.6 is 0 Å². The van der Waals surface area contributed by atoms with Gasteiger partial charge in [0.2, 0.25) is 5.91 Å². The molecule has 0 saturated carbocycles. The van der Waals surface area contributed by atoms with Gasteiger partial charge in [-0.1, -0.05) is 20.8 Å². The normalized spacial score (nSPS) is 19.5. The number of likely N-dealkylation sites (tertiary alicyclic amines) is 1. The van der Waals surface area contributed by atoms with Crippen LogP contribution in [0.2, 0.25) is 0 Å². The Morgan fingerprint density at radius 3 is 2.48 bits per heavy atom. The van der Waals surface area contributed by atoms with Gasteiger partial charge in [-0.05, 0) is 32.8 Å². The Bertz CT molecular complexity index is 502. The van der Waals surface area contributed by atoms with E-state index in [9.17, 15) is 4.79 Å². The molecule has 0 aliphatic carbocycles. The minimum absolute atomic E-state index is 0.0220. The van der Waals surface area contributed by atoms with Crippen LogP contribution < -0.4 is 4.74 Å². The van der Waals surface area contributed by atoms with Crippen LogP contribution in [0.4, 0.5) is 0 Å². The molecular weight excluding hydrogens is 266 g/mol. The maximum atomic E-state index is 12.4. The van der Waals surface area contributed by atoms with Crippen molar-refractivity contribution in [3.8, 4) is 6.01 Å². The largest absolute Gasteiger partial charge is 0.458 e. The number of amides is 1. The van der Waals surface area contributed by atoms with Crippen molar-refractivity contribution in [2.24, 2.45) is 5.41 Å². The van der Waals surface area contributed by atoms with Crippen LogP contribution in [-0.4, -0.2) is 40.0 Å². The van der Waals surface area contributed by atoms with Crippen LogP contribution in [-0.2, 0) is 4.79 Å². The summed E-state index contributed by atoms with van der Waals surface area (Å²) in [5, 5.41) is 0. The van der Waals surface area contributed by atoms with Crippen molar-refractivity contribution in [2.75, 3.05) is 13.1 Å². The van der Waals surface area contributed by atoms with Crippen LogP contribution in [0, 0.1) is 19.3 Å². The molecular formula is C16H25N3O2. The number of piperidine rings is 1. The number of carbonyl (C=O) groups is 1. The molecule has 21 heavy (non-hydrogen) atoms. The van der Waals surface area contributed by atoms with Crippen molar-refractivity contribution in [3.63, 3.8) is 0 Å². The predicted octanol–water partition coefficient (Wildman–Crippen LogP) is 2.51. The average Bonchev–Trinajstić information content (AvgIpc) is 2.35. The van der Waals surface area contributed by atoms with Gasteiger partial charge in [-0.15, -0.1) is 0 Å². The van der Waals surface area contributed by atoms with Gasteiger partial charge in [0, 0.05) is 23.3 Å². The van der Waals surface area contributed by atoms with Gasteiger partial charge in [0.25, 0.3) is 0 Å². The second kappa shape index (κ2) is 6.00. The highest BCUT2D eigenvalue weighted by molar-refractivity contribution is 5.81. The summed E-state index contributed by atoms with van der Waals surface area (Å²) in [6.07, 6.45) is 1.87. The summed E-state index contributed by atoms with van der Waals surface area (Å²) in [5.41, 5.74) is 1.45. The molecule has 0 aromatic carbocycles. The molecule has 2 rings (SSSR count). The highest BCUT2D eigenvalue weighted by atomic mass is 16.5. The van der Waals surface area contributed by atoms with Gasteiger partial charge in [-0.25, -0.2) is 9.97 Å². The summed E-state index contributed by atoms with van der Waals surface area (Å²) in [4.78, 5) is 22.9. The number of aryl methyl sites for hydroxylation is 2. The topological polar surface area (TPSA) is 55.3 Å². The first-order valence-corrected chi connectivity index (χ1v) is 7.54. The number of rotatable bonds is 2. The zero-order chi connectivity index (χ0) is 15.6. The highest BCUT2D eigenvalue weighted by Gasteiger charge is 2.31. The van der Waals surface area contributed by atoms with Crippen molar-refractivity contribution >= 4 is 5.91 Å². The lowest BCUT2D eigenvalue weighted by Gasteiger charge is -2.36. The Morgan fingerprint density at radius 2 is 1.90 bits per heavy atom. The SMILES string of the molecule is Cc1cc(C)nc(O[C@H]2CCCN(C(=O)C(C)(C)C)C2)n1. The molecule has 0 radical (unpaired) electrons. The van der Waals surface area contributed by atoms with Gasteiger partial charge in [-0.2, -0.15) is 0 Å². The third kappa shape index (κ3) is 4.16. The van der Waals surface area contributed by atoms with Gasteiger partial charge < -0.3 is 9.64 Å².